The van der Waals surface area contributed by atoms with E-state index in [0.717, 1.165) is 32.4 Å². The number of likely N-dealkylation sites (tertiary alicyclic amines) is 1. The fraction of sp³-hybridized carbons (Fsp3) is 0.310. The van der Waals surface area contributed by atoms with Gasteiger partial charge in [0.2, 0.25) is 5.91 Å². The largest absolute Gasteiger partial charge is 0.342 e. The molecule has 0 bridgehead atoms. The Bertz CT molecular complexity index is 1290. The minimum absolute atomic E-state index is 0.0447. The standard InChI is InChI=1S/C29H31N5O3/c1-32(29(37)22-8-3-2-4-9-22)17-13-21-14-18-33(19-15-21)20-26(35)34-25-12-6-5-10-23(25)28(36)31-24-11-7-16-30-27(24)34/h2-12,16,21H,13-15,17-20H2,1H3,(H,31,36). The summed E-state index contributed by atoms with van der Waals surface area (Å²) in [6.45, 7) is 2.59. The molecular formula is C29H31N5O3. The Labute approximate surface area is 216 Å². The summed E-state index contributed by atoms with van der Waals surface area (Å²) in [5, 5.41) is 2.88. The number of benzene rings is 2. The SMILES string of the molecule is CN(CCC1CCN(CC(=O)N2c3ccccc3C(=O)Nc3cccnc32)CC1)C(=O)c1ccccc1. The van der Waals surface area contributed by atoms with Gasteiger partial charge in [-0.15, -0.1) is 0 Å². The van der Waals surface area contributed by atoms with E-state index >= 15 is 0 Å². The molecule has 37 heavy (non-hydrogen) atoms. The van der Waals surface area contributed by atoms with E-state index in [4.69, 9.17) is 0 Å². The number of anilines is 3. The van der Waals surface area contributed by atoms with Crippen LogP contribution in [0.4, 0.5) is 17.2 Å². The number of piperidine rings is 1. The van der Waals surface area contributed by atoms with Crippen molar-refractivity contribution in [1.29, 1.82) is 0 Å². The van der Waals surface area contributed by atoms with Gasteiger partial charge in [-0.3, -0.25) is 24.2 Å². The molecule has 1 aromatic heterocycles. The van der Waals surface area contributed by atoms with Crippen LogP contribution in [0.3, 0.4) is 0 Å². The number of hydrogen-bond acceptors (Lipinski definition) is 5. The zero-order valence-corrected chi connectivity index (χ0v) is 21.0. The molecule has 3 heterocycles. The van der Waals surface area contributed by atoms with Crippen molar-refractivity contribution in [3.05, 3.63) is 84.1 Å². The first-order valence-electron chi connectivity index (χ1n) is 12.7. The van der Waals surface area contributed by atoms with Gasteiger partial charge in [-0.2, -0.15) is 0 Å². The lowest BCUT2D eigenvalue weighted by molar-refractivity contribution is -0.119. The Morgan fingerprint density at radius 3 is 2.51 bits per heavy atom. The molecular weight excluding hydrogens is 466 g/mol. The Hall–Kier alpha value is -4.04. The quantitative estimate of drug-likeness (QED) is 0.552. The molecule has 0 unspecified atom stereocenters. The monoisotopic (exact) mass is 497 g/mol. The maximum Gasteiger partial charge on any atom is 0.257 e. The van der Waals surface area contributed by atoms with E-state index in [-0.39, 0.29) is 24.3 Å². The molecule has 0 aliphatic carbocycles. The first-order valence-corrected chi connectivity index (χ1v) is 12.7. The highest BCUT2D eigenvalue weighted by molar-refractivity contribution is 6.17. The normalized spacial score (nSPS) is 15.8. The number of rotatable bonds is 6. The molecule has 1 fully saturated rings. The van der Waals surface area contributed by atoms with Crippen molar-refractivity contribution in [2.75, 3.05) is 43.4 Å². The number of amides is 3. The molecule has 0 spiro atoms. The fourth-order valence-electron chi connectivity index (χ4n) is 5.06. The topological polar surface area (TPSA) is 85.8 Å². The maximum absolute atomic E-state index is 13.6. The van der Waals surface area contributed by atoms with Gasteiger partial charge >= 0.3 is 0 Å². The molecule has 0 radical (unpaired) electrons. The summed E-state index contributed by atoms with van der Waals surface area (Å²) >= 11 is 0. The molecule has 0 saturated carbocycles. The van der Waals surface area contributed by atoms with Gasteiger partial charge < -0.3 is 10.2 Å². The average molecular weight is 498 g/mol. The van der Waals surface area contributed by atoms with Crippen LogP contribution in [0.5, 0.6) is 0 Å². The van der Waals surface area contributed by atoms with Crippen molar-refractivity contribution >= 4 is 34.9 Å². The predicted octanol–water partition coefficient (Wildman–Crippen LogP) is 4.19. The first-order chi connectivity index (χ1) is 18.0. The van der Waals surface area contributed by atoms with Crippen LogP contribution in [-0.2, 0) is 4.79 Å². The van der Waals surface area contributed by atoms with Crippen LogP contribution in [0.1, 0.15) is 40.0 Å². The maximum atomic E-state index is 13.6. The molecule has 8 nitrogen and oxygen atoms in total. The van der Waals surface area contributed by atoms with Crippen molar-refractivity contribution in [1.82, 2.24) is 14.8 Å². The lowest BCUT2D eigenvalue weighted by atomic mass is 9.93. The fourth-order valence-corrected chi connectivity index (χ4v) is 5.06. The predicted molar refractivity (Wildman–Crippen MR) is 143 cm³/mol. The van der Waals surface area contributed by atoms with Crippen LogP contribution < -0.4 is 10.2 Å². The summed E-state index contributed by atoms with van der Waals surface area (Å²) in [4.78, 5) is 49.0. The summed E-state index contributed by atoms with van der Waals surface area (Å²) in [5.41, 5.74) is 2.22. The Morgan fingerprint density at radius 2 is 1.73 bits per heavy atom. The number of para-hydroxylation sites is 1. The van der Waals surface area contributed by atoms with Gasteiger partial charge in [0.05, 0.1) is 23.5 Å². The van der Waals surface area contributed by atoms with Gasteiger partial charge in [0.25, 0.3) is 11.8 Å². The molecule has 190 valence electrons. The zero-order chi connectivity index (χ0) is 25.8. The van der Waals surface area contributed by atoms with Crippen molar-refractivity contribution in [3.63, 3.8) is 0 Å². The molecule has 2 aromatic carbocycles. The molecule has 3 aromatic rings. The van der Waals surface area contributed by atoms with E-state index in [1.165, 1.54) is 0 Å². The molecule has 0 atom stereocenters. The van der Waals surface area contributed by atoms with E-state index in [1.807, 2.05) is 43.4 Å². The first kappa shape index (κ1) is 24.6. The van der Waals surface area contributed by atoms with Gasteiger partial charge in [0.1, 0.15) is 0 Å². The second-order valence-corrected chi connectivity index (χ2v) is 9.68. The van der Waals surface area contributed by atoms with E-state index in [1.54, 1.807) is 46.3 Å². The number of fused-ring (bicyclic) bond motifs is 2. The molecule has 2 aliphatic heterocycles. The minimum Gasteiger partial charge on any atom is -0.342 e. The van der Waals surface area contributed by atoms with Crippen LogP contribution >= 0.6 is 0 Å². The van der Waals surface area contributed by atoms with Crippen molar-refractivity contribution in [3.8, 4) is 0 Å². The number of aromatic nitrogens is 1. The van der Waals surface area contributed by atoms with Crippen LogP contribution in [-0.4, -0.2) is 65.7 Å². The summed E-state index contributed by atoms with van der Waals surface area (Å²) in [7, 11) is 1.85. The highest BCUT2D eigenvalue weighted by Crippen LogP contribution is 2.36. The molecule has 8 heteroatoms. The number of pyridine rings is 1. The summed E-state index contributed by atoms with van der Waals surface area (Å²) in [6.07, 6.45) is 4.53. The third-order valence-corrected chi connectivity index (χ3v) is 7.19. The zero-order valence-electron chi connectivity index (χ0n) is 21.0. The highest BCUT2D eigenvalue weighted by atomic mass is 16.2. The van der Waals surface area contributed by atoms with Gasteiger partial charge in [-0.05, 0) is 74.7 Å². The van der Waals surface area contributed by atoms with Gasteiger partial charge in [0.15, 0.2) is 5.82 Å². The Kier molecular flexibility index (Phi) is 7.28. The van der Waals surface area contributed by atoms with Gasteiger partial charge in [-0.1, -0.05) is 30.3 Å². The van der Waals surface area contributed by atoms with Crippen LogP contribution in [0.15, 0.2) is 72.9 Å². The highest BCUT2D eigenvalue weighted by Gasteiger charge is 2.31. The van der Waals surface area contributed by atoms with Crippen molar-refractivity contribution in [2.45, 2.75) is 19.3 Å². The Morgan fingerprint density at radius 1 is 1.00 bits per heavy atom. The summed E-state index contributed by atoms with van der Waals surface area (Å²) in [6, 6.07) is 20.0. The summed E-state index contributed by atoms with van der Waals surface area (Å²) in [5.74, 6) is 0.628. The Balaban J connectivity index is 1.19. The van der Waals surface area contributed by atoms with Crippen molar-refractivity contribution < 1.29 is 14.4 Å². The lowest BCUT2D eigenvalue weighted by Crippen LogP contribution is -2.42. The van der Waals surface area contributed by atoms with Crippen LogP contribution in [0.25, 0.3) is 0 Å². The van der Waals surface area contributed by atoms with Gasteiger partial charge in [-0.25, -0.2) is 4.98 Å². The molecule has 5 rings (SSSR count). The van der Waals surface area contributed by atoms with Gasteiger partial charge in [0, 0.05) is 25.4 Å². The van der Waals surface area contributed by atoms with Crippen molar-refractivity contribution in [2.24, 2.45) is 5.92 Å². The van der Waals surface area contributed by atoms with Crippen LogP contribution in [0.2, 0.25) is 0 Å². The number of hydrogen-bond donors (Lipinski definition) is 1. The van der Waals surface area contributed by atoms with E-state index in [0.29, 0.717) is 40.8 Å². The number of nitrogens with zero attached hydrogens (tertiary/aromatic N) is 4. The number of carbonyl (C=O) groups excluding carboxylic acids is 3. The third-order valence-electron chi connectivity index (χ3n) is 7.19. The number of nitrogens with one attached hydrogen (secondary N) is 1. The second kappa shape index (κ2) is 10.9. The lowest BCUT2D eigenvalue weighted by Gasteiger charge is -2.33. The molecule has 1 saturated heterocycles. The smallest absolute Gasteiger partial charge is 0.257 e. The van der Waals surface area contributed by atoms with E-state index in [2.05, 4.69) is 15.2 Å². The number of carbonyl (C=O) groups is 3. The third kappa shape index (κ3) is 5.39. The van der Waals surface area contributed by atoms with E-state index in [9.17, 15) is 14.4 Å². The summed E-state index contributed by atoms with van der Waals surface area (Å²) < 4.78 is 0. The molecule has 1 N–H and O–H groups in total. The molecule has 3 amide bonds. The average Bonchev–Trinajstić information content (AvgIpc) is 3.06. The minimum atomic E-state index is -0.253. The molecule has 2 aliphatic rings. The second-order valence-electron chi connectivity index (χ2n) is 9.68. The van der Waals surface area contributed by atoms with Crippen LogP contribution in [0, 0.1) is 5.92 Å². The van der Waals surface area contributed by atoms with E-state index < -0.39 is 0 Å².